The van der Waals surface area contributed by atoms with Crippen molar-refractivity contribution < 1.29 is 10.2 Å². The lowest BCUT2D eigenvalue weighted by molar-refractivity contribution is 0.0381. The molecule has 3 heteroatoms. The van der Waals surface area contributed by atoms with Gasteiger partial charge in [-0.25, -0.2) is 0 Å². The van der Waals surface area contributed by atoms with Crippen LogP contribution in [0.15, 0.2) is 0 Å². The maximum atomic E-state index is 9.95. The first-order chi connectivity index (χ1) is 7.65. The molecule has 0 aliphatic heterocycles. The van der Waals surface area contributed by atoms with Gasteiger partial charge < -0.3 is 15.1 Å². The summed E-state index contributed by atoms with van der Waals surface area (Å²) in [7, 11) is 0. The van der Waals surface area contributed by atoms with E-state index >= 15 is 0 Å². The minimum Gasteiger partial charge on any atom is -0.396 e. The number of hydrogen-bond donors (Lipinski definition) is 2. The van der Waals surface area contributed by atoms with Gasteiger partial charge in [0.15, 0.2) is 0 Å². The monoisotopic (exact) mass is 229 g/mol. The van der Waals surface area contributed by atoms with Crippen LogP contribution in [0.5, 0.6) is 0 Å². The lowest BCUT2D eigenvalue weighted by Gasteiger charge is -2.35. The Hall–Kier alpha value is -0.120. The Balaban J connectivity index is 2.39. The molecule has 3 nitrogen and oxygen atoms in total. The highest BCUT2D eigenvalue weighted by Gasteiger charge is 2.25. The minimum atomic E-state index is -0.107. The lowest BCUT2D eigenvalue weighted by atomic mass is 9.86. The maximum absolute atomic E-state index is 9.95. The Bertz CT molecular complexity index is 185. The second-order valence-electron chi connectivity index (χ2n) is 5.28. The molecule has 0 aromatic carbocycles. The van der Waals surface area contributed by atoms with Crippen molar-refractivity contribution in [2.45, 2.75) is 58.1 Å². The number of rotatable bonds is 6. The predicted molar refractivity (Wildman–Crippen MR) is 66.4 cm³/mol. The first-order valence-electron chi connectivity index (χ1n) is 6.68. The molecule has 0 radical (unpaired) electrons. The van der Waals surface area contributed by atoms with E-state index in [2.05, 4.69) is 18.7 Å². The van der Waals surface area contributed by atoms with Gasteiger partial charge >= 0.3 is 0 Å². The van der Waals surface area contributed by atoms with E-state index < -0.39 is 0 Å². The average molecular weight is 229 g/mol. The van der Waals surface area contributed by atoms with Crippen LogP contribution in [0.2, 0.25) is 0 Å². The Labute approximate surface area is 99.5 Å². The number of nitrogens with zero attached hydrogens (tertiary/aromatic N) is 1. The van der Waals surface area contributed by atoms with Crippen LogP contribution in [0, 0.1) is 5.92 Å². The number of aliphatic hydroxyl groups excluding tert-OH is 2. The van der Waals surface area contributed by atoms with Gasteiger partial charge in [0.05, 0.1) is 6.10 Å². The van der Waals surface area contributed by atoms with Crippen LogP contribution in [0.25, 0.3) is 0 Å². The maximum Gasteiger partial charge on any atom is 0.0580 e. The highest BCUT2D eigenvalue weighted by Crippen LogP contribution is 2.25. The van der Waals surface area contributed by atoms with Gasteiger partial charge in [0.2, 0.25) is 0 Å². The Morgan fingerprint density at radius 3 is 2.50 bits per heavy atom. The predicted octanol–water partition coefficient (Wildman–Crippen LogP) is 1.63. The molecule has 0 saturated heterocycles. The van der Waals surface area contributed by atoms with Gasteiger partial charge in [0, 0.05) is 25.7 Å². The quantitative estimate of drug-likeness (QED) is 0.727. The Kier molecular flexibility index (Phi) is 6.32. The van der Waals surface area contributed by atoms with Gasteiger partial charge in [-0.05, 0) is 39.0 Å². The van der Waals surface area contributed by atoms with Gasteiger partial charge in [0.25, 0.3) is 0 Å². The minimum absolute atomic E-state index is 0.107. The molecule has 0 bridgehead atoms. The molecule has 0 aromatic rings. The van der Waals surface area contributed by atoms with Gasteiger partial charge in [-0.15, -0.1) is 0 Å². The van der Waals surface area contributed by atoms with Gasteiger partial charge in [-0.2, -0.15) is 0 Å². The van der Waals surface area contributed by atoms with Crippen LogP contribution in [0.4, 0.5) is 0 Å². The number of aliphatic hydroxyl groups is 2. The summed E-state index contributed by atoms with van der Waals surface area (Å²) in [6.07, 6.45) is 5.29. The van der Waals surface area contributed by atoms with E-state index in [1.54, 1.807) is 0 Å². The molecule has 0 spiro atoms. The smallest absolute Gasteiger partial charge is 0.0580 e. The van der Waals surface area contributed by atoms with Crippen molar-refractivity contribution in [2.75, 3.05) is 19.7 Å². The second kappa shape index (κ2) is 7.25. The third-order valence-corrected chi connectivity index (χ3v) is 3.67. The van der Waals surface area contributed by atoms with Crippen LogP contribution >= 0.6 is 0 Å². The summed E-state index contributed by atoms with van der Waals surface area (Å²) in [5, 5.41) is 18.8. The molecular weight excluding hydrogens is 202 g/mol. The first-order valence-corrected chi connectivity index (χ1v) is 6.68. The van der Waals surface area contributed by atoms with Gasteiger partial charge in [0.1, 0.15) is 0 Å². The van der Waals surface area contributed by atoms with Crippen molar-refractivity contribution in [3.63, 3.8) is 0 Å². The molecule has 1 aliphatic rings. The zero-order chi connectivity index (χ0) is 12.0. The van der Waals surface area contributed by atoms with Crippen molar-refractivity contribution in [3.05, 3.63) is 0 Å². The van der Waals surface area contributed by atoms with Crippen molar-refractivity contribution in [2.24, 2.45) is 5.92 Å². The van der Waals surface area contributed by atoms with Crippen molar-refractivity contribution in [1.29, 1.82) is 0 Å². The Morgan fingerprint density at radius 1 is 1.25 bits per heavy atom. The molecule has 0 aromatic heterocycles. The van der Waals surface area contributed by atoms with E-state index in [-0.39, 0.29) is 12.7 Å². The van der Waals surface area contributed by atoms with E-state index in [1.165, 1.54) is 12.8 Å². The fraction of sp³-hybridized carbons (Fsp3) is 1.00. The SMILES string of the molecule is CC(C)N(CCCO)CC1CCCCC1O. The zero-order valence-electron chi connectivity index (χ0n) is 10.7. The summed E-state index contributed by atoms with van der Waals surface area (Å²) in [6.45, 7) is 6.56. The van der Waals surface area contributed by atoms with Crippen LogP contribution in [0.1, 0.15) is 46.0 Å². The Morgan fingerprint density at radius 2 is 1.94 bits per heavy atom. The van der Waals surface area contributed by atoms with E-state index in [4.69, 9.17) is 5.11 Å². The molecular formula is C13H27NO2. The lowest BCUT2D eigenvalue weighted by Crippen LogP contribution is -2.41. The summed E-state index contributed by atoms with van der Waals surface area (Å²) in [4.78, 5) is 2.38. The first kappa shape index (κ1) is 13.9. The molecule has 1 fully saturated rings. The van der Waals surface area contributed by atoms with Crippen LogP contribution in [0.3, 0.4) is 0 Å². The normalized spacial score (nSPS) is 26.6. The molecule has 2 unspecified atom stereocenters. The second-order valence-corrected chi connectivity index (χ2v) is 5.28. The largest absolute Gasteiger partial charge is 0.396 e. The van der Waals surface area contributed by atoms with Gasteiger partial charge in [-0.1, -0.05) is 12.8 Å². The van der Waals surface area contributed by atoms with E-state index in [0.29, 0.717) is 12.0 Å². The van der Waals surface area contributed by atoms with E-state index in [9.17, 15) is 5.11 Å². The zero-order valence-corrected chi connectivity index (χ0v) is 10.7. The fourth-order valence-electron chi connectivity index (χ4n) is 2.54. The summed E-state index contributed by atoms with van der Waals surface area (Å²) in [5.74, 6) is 0.440. The molecule has 0 heterocycles. The molecule has 1 saturated carbocycles. The average Bonchev–Trinajstić information content (AvgIpc) is 2.26. The van der Waals surface area contributed by atoms with Crippen LogP contribution < -0.4 is 0 Å². The summed E-state index contributed by atoms with van der Waals surface area (Å²) >= 11 is 0. The molecule has 2 atom stereocenters. The standard InChI is InChI=1S/C13H27NO2/c1-11(2)14(8-5-9-15)10-12-6-3-4-7-13(12)16/h11-13,15-16H,3-10H2,1-2H3. The summed E-state index contributed by atoms with van der Waals surface area (Å²) < 4.78 is 0. The van der Waals surface area contributed by atoms with Crippen LogP contribution in [-0.4, -0.2) is 47.0 Å². The van der Waals surface area contributed by atoms with Crippen LogP contribution in [-0.2, 0) is 0 Å². The van der Waals surface area contributed by atoms with Crippen molar-refractivity contribution >= 4 is 0 Å². The van der Waals surface area contributed by atoms with Gasteiger partial charge in [-0.3, -0.25) is 0 Å². The molecule has 1 rings (SSSR count). The number of hydrogen-bond acceptors (Lipinski definition) is 3. The highest BCUT2D eigenvalue weighted by molar-refractivity contribution is 4.78. The summed E-state index contributed by atoms with van der Waals surface area (Å²) in [5.41, 5.74) is 0. The molecule has 1 aliphatic carbocycles. The van der Waals surface area contributed by atoms with E-state index in [0.717, 1.165) is 32.4 Å². The van der Waals surface area contributed by atoms with E-state index in [1.807, 2.05) is 0 Å². The summed E-state index contributed by atoms with van der Waals surface area (Å²) in [6, 6.07) is 0.501. The highest BCUT2D eigenvalue weighted by atomic mass is 16.3. The van der Waals surface area contributed by atoms with Crippen molar-refractivity contribution in [3.8, 4) is 0 Å². The topological polar surface area (TPSA) is 43.7 Å². The molecule has 0 amide bonds. The molecule has 16 heavy (non-hydrogen) atoms. The fourth-order valence-corrected chi connectivity index (χ4v) is 2.54. The van der Waals surface area contributed by atoms with Crippen molar-refractivity contribution in [1.82, 2.24) is 4.90 Å². The molecule has 96 valence electrons. The third kappa shape index (κ3) is 4.40. The third-order valence-electron chi connectivity index (χ3n) is 3.67. The molecule has 2 N–H and O–H groups in total.